The van der Waals surface area contributed by atoms with Crippen molar-refractivity contribution in [1.29, 1.82) is 0 Å². The molecule has 0 aliphatic carbocycles. The van der Waals surface area contributed by atoms with Crippen molar-refractivity contribution in [1.82, 2.24) is 4.98 Å². The quantitative estimate of drug-likeness (QED) is 0.675. The van der Waals surface area contributed by atoms with Crippen molar-refractivity contribution in [3.63, 3.8) is 0 Å². The summed E-state index contributed by atoms with van der Waals surface area (Å²) in [6.07, 6.45) is 1.19. The van der Waals surface area contributed by atoms with Gasteiger partial charge in [0.15, 0.2) is 0 Å². The number of aromatic nitrogens is 1. The number of amides is 1. The van der Waals surface area contributed by atoms with Crippen molar-refractivity contribution in [3.05, 3.63) is 65.4 Å². The Hall–Kier alpha value is -2.59. The lowest BCUT2D eigenvalue weighted by atomic mass is 10.1. The molecule has 3 rings (SSSR count). The van der Waals surface area contributed by atoms with Gasteiger partial charge in [0.25, 0.3) is 0 Å². The number of aryl methyl sites for hydroxylation is 2. The Kier molecular flexibility index (Phi) is 4.44. The molecule has 118 valence electrons. The second kappa shape index (κ2) is 6.67. The van der Waals surface area contributed by atoms with Crippen molar-refractivity contribution in [2.45, 2.75) is 26.3 Å². The molecule has 0 saturated heterocycles. The monoisotopic (exact) mass is 307 g/mol. The highest BCUT2D eigenvalue weighted by Gasteiger charge is 2.05. The van der Waals surface area contributed by atoms with Crippen LogP contribution in [0.15, 0.2) is 48.5 Å². The Morgan fingerprint density at radius 2 is 1.83 bits per heavy atom. The van der Waals surface area contributed by atoms with E-state index in [0.717, 1.165) is 39.8 Å². The van der Waals surface area contributed by atoms with Gasteiger partial charge in [0.2, 0.25) is 5.91 Å². The van der Waals surface area contributed by atoms with E-state index in [1.54, 1.807) is 0 Å². The van der Waals surface area contributed by atoms with Gasteiger partial charge in [0, 0.05) is 35.2 Å². The Bertz CT molecular complexity index is 818. The molecule has 4 nitrogen and oxygen atoms in total. The van der Waals surface area contributed by atoms with Gasteiger partial charge in [0.1, 0.15) is 0 Å². The van der Waals surface area contributed by atoms with Crippen LogP contribution in [-0.2, 0) is 17.8 Å². The molecule has 0 aliphatic rings. The Morgan fingerprint density at radius 3 is 2.57 bits per heavy atom. The highest BCUT2D eigenvalue weighted by Crippen LogP contribution is 2.20. The van der Waals surface area contributed by atoms with E-state index >= 15 is 0 Å². The molecule has 1 aromatic heterocycles. The fraction of sp³-hybridized carbons (Fsp3) is 0.211. The first-order chi connectivity index (χ1) is 11.1. The van der Waals surface area contributed by atoms with Gasteiger partial charge in [-0.3, -0.25) is 4.79 Å². The number of carbonyl (C=O) groups is 1. The third-order valence-corrected chi connectivity index (χ3v) is 3.94. The maximum atomic E-state index is 12.1. The molecule has 0 bridgehead atoms. The first-order valence-electron chi connectivity index (χ1n) is 7.81. The zero-order valence-corrected chi connectivity index (χ0v) is 13.2. The van der Waals surface area contributed by atoms with Crippen LogP contribution in [-0.4, -0.2) is 10.9 Å². The largest absolute Gasteiger partial charge is 0.359 e. The van der Waals surface area contributed by atoms with E-state index in [9.17, 15) is 4.79 Å². The number of nitrogens with one attached hydrogen (secondary N) is 2. The molecule has 2 aromatic carbocycles. The Morgan fingerprint density at radius 1 is 1.09 bits per heavy atom. The number of carbonyl (C=O) groups excluding carboxylic acids is 1. The van der Waals surface area contributed by atoms with Gasteiger partial charge in [-0.25, -0.2) is 0 Å². The number of benzene rings is 2. The van der Waals surface area contributed by atoms with E-state index in [1.807, 2.05) is 49.4 Å². The smallest absolute Gasteiger partial charge is 0.224 e. The summed E-state index contributed by atoms with van der Waals surface area (Å²) >= 11 is 0. The number of hydrogen-bond donors (Lipinski definition) is 3. The molecule has 4 N–H and O–H groups in total. The van der Waals surface area contributed by atoms with Crippen molar-refractivity contribution in [2.75, 3.05) is 5.32 Å². The summed E-state index contributed by atoms with van der Waals surface area (Å²) in [5.41, 5.74) is 10.9. The summed E-state index contributed by atoms with van der Waals surface area (Å²) in [5, 5.41) is 4.07. The van der Waals surface area contributed by atoms with Crippen LogP contribution >= 0.6 is 0 Å². The molecule has 0 saturated carbocycles. The third-order valence-electron chi connectivity index (χ3n) is 3.94. The zero-order chi connectivity index (χ0) is 16.2. The number of rotatable bonds is 5. The van der Waals surface area contributed by atoms with Gasteiger partial charge in [0.05, 0.1) is 0 Å². The standard InChI is InChI=1S/C19H21N3O/c1-13-10-16-11-17(7-8-18(16)21-13)22-19(23)9-6-14-2-4-15(12-20)5-3-14/h2-5,7-8,10-11,21H,6,9,12,20H2,1H3,(H,22,23). The summed E-state index contributed by atoms with van der Waals surface area (Å²) in [5.74, 6) is 0.0273. The summed E-state index contributed by atoms with van der Waals surface area (Å²) in [4.78, 5) is 15.4. The van der Waals surface area contributed by atoms with Gasteiger partial charge >= 0.3 is 0 Å². The summed E-state index contributed by atoms with van der Waals surface area (Å²) in [6, 6.07) is 16.1. The van der Waals surface area contributed by atoms with Crippen LogP contribution in [0.25, 0.3) is 10.9 Å². The molecule has 1 amide bonds. The van der Waals surface area contributed by atoms with Crippen LogP contribution in [0, 0.1) is 6.92 Å². The summed E-state index contributed by atoms with van der Waals surface area (Å²) in [6.45, 7) is 2.57. The van der Waals surface area contributed by atoms with Crippen LogP contribution in [0.5, 0.6) is 0 Å². The lowest BCUT2D eigenvalue weighted by Crippen LogP contribution is -2.12. The van der Waals surface area contributed by atoms with Crippen LogP contribution in [0.1, 0.15) is 23.2 Å². The highest BCUT2D eigenvalue weighted by molar-refractivity contribution is 5.94. The average Bonchev–Trinajstić information content (AvgIpc) is 2.92. The van der Waals surface area contributed by atoms with Crippen LogP contribution in [0.2, 0.25) is 0 Å². The minimum absolute atomic E-state index is 0.0273. The first kappa shape index (κ1) is 15.3. The van der Waals surface area contributed by atoms with Crippen molar-refractivity contribution >= 4 is 22.5 Å². The number of hydrogen-bond acceptors (Lipinski definition) is 2. The maximum Gasteiger partial charge on any atom is 0.224 e. The molecule has 0 fully saturated rings. The molecule has 1 heterocycles. The predicted octanol–water partition coefficient (Wildman–Crippen LogP) is 3.51. The molecule has 0 spiro atoms. The molecule has 3 aromatic rings. The lowest BCUT2D eigenvalue weighted by Gasteiger charge is -2.06. The number of anilines is 1. The van der Waals surface area contributed by atoms with Crippen molar-refractivity contribution < 1.29 is 4.79 Å². The second-order valence-corrected chi connectivity index (χ2v) is 5.82. The molecular weight excluding hydrogens is 286 g/mol. The summed E-state index contributed by atoms with van der Waals surface area (Å²) in [7, 11) is 0. The minimum Gasteiger partial charge on any atom is -0.359 e. The number of nitrogens with two attached hydrogens (primary N) is 1. The van der Waals surface area contributed by atoms with Gasteiger partial charge in [-0.05, 0) is 48.7 Å². The van der Waals surface area contributed by atoms with Crippen LogP contribution in [0.3, 0.4) is 0 Å². The molecule has 0 aliphatic heterocycles. The van der Waals surface area contributed by atoms with Gasteiger partial charge < -0.3 is 16.0 Å². The number of H-pyrrole nitrogens is 1. The summed E-state index contributed by atoms with van der Waals surface area (Å²) < 4.78 is 0. The van der Waals surface area contributed by atoms with Gasteiger partial charge in [-0.15, -0.1) is 0 Å². The van der Waals surface area contributed by atoms with E-state index in [2.05, 4.69) is 16.4 Å². The normalized spacial score (nSPS) is 10.9. The molecule has 4 heteroatoms. The minimum atomic E-state index is 0.0273. The highest BCUT2D eigenvalue weighted by atomic mass is 16.1. The number of aromatic amines is 1. The molecule has 23 heavy (non-hydrogen) atoms. The topological polar surface area (TPSA) is 70.9 Å². The van der Waals surface area contributed by atoms with Crippen LogP contribution < -0.4 is 11.1 Å². The van der Waals surface area contributed by atoms with Crippen molar-refractivity contribution in [2.24, 2.45) is 5.73 Å². The second-order valence-electron chi connectivity index (χ2n) is 5.82. The third kappa shape index (κ3) is 3.79. The SMILES string of the molecule is Cc1cc2cc(NC(=O)CCc3ccc(CN)cc3)ccc2[nH]1. The maximum absolute atomic E-state index is 12.1. The van der Waals surface area contributed by atoms with E-state index < -0.39 is 0 Å². The van der Waals surface area contributed by atoms with Crippen LogP contribution in [0.4, 0.5) is 5.69 Å². The Labute approximate surface area is 135 Å². The van der Waals surface area contributed by atoms with Gasteiger partial charge in [-0.1, -0.05) is 24.3 Å². The van der Waals surface area contributed by atoms with Gasteiger partial charge in [-0.2, -0.15) is 0 Å². The fourth-order valence-electron chi connectivity index (χ4n) is 2.68. The molecule has 0 atom stereocenters. The van der Waals surface area contributed by atoms with E-state index in [4.69, 9.17) is 5.73 Å². The Balaban J connectivity index is 1.59. The first-order valence-corrected chi connectivity index (χ1v) is 7.81. The average molecular weight is 307 g/mol. The van der Waals surface area contributed by atoms with E-state index in [0.29, 0.717) is 13.0 Å². The van der Waals surface area contributed by atoms with E-state index in [1.165, 1.54) is 0 Å². The number of fused-ring (bicyclic) bond motifs is 1. The van der Waals surface area contributed by atoms with E-state index in [-0.39, 0.29) is 5.91 Å². The zero-order valence-electron chi connectivity index (χ0n) is 13.2. The van der Waals surface area contributed by atoms with Crippen molar-refractivity contribution in [3.8, 4) is 0 Å². The molecular formula is C19H21N3O. The predicted molar refractivity (Wildman–Crippen MR) is 94.3 cm³/mol. The fourth-order valence-corrected chi connectivity index (χ4v) is 2.68. The molecule has 0 unspecified atom stereocenters. The lowest BCUT2D eigenvalue weighted by molar-refractivity contribution is -0.116. The molecule has 0 radical (unpaired) electrons.